The minimum Gasteiger partial charge on any atom is -0.496 e. The molecule has 0 saturated carbocycles. The Morgan fingerprint density at radius 2 is 2.15 bits per heavy atom. The van der Waals surface area contributed by atoms with E-state index in [-0.39, 0.29) is 0 Å². The quantitative estimate of drug-likeness (QED) is 0.736. The van der Waals surface area contributed by atoms with Crippen LogP contribution in [0.4, 0.5) is 0 Å². The summed E-state index contributed by atoms with van der Waals surface area (Å²) in [5, 5.41) is 0.872. The summed E-state index contributed by atoms with van der Waals surface area (Å²) in [6.45, 7) is 2.08. The van der Waals surface area contributed by atoms with E-state index in [1.165, 1.54) is 5.57 Å². The van der Waals surface area contributed by atoms with Crippen molar-refractivity contribution < 1.29 is 4.74 Å². The Labute approximate surface area is 87.5 Å². The van der Waals surface area contributed by atoms with E-state index < -0.39 is 0 Å². The third-order valence-electron chi connectivity index (χ3n) is 1.92. The van der Waals surface area contributed by atoms with Crippen LogP contribution < -0.4 is 4.74 Å². The molecule has 0 aromatic heterocycles. The van der Waals surface area contributed by atoms with Crippen LogP contribution in [0.25, 0.3) is 5.57 Å². The Morgan fingerprint density at radius 3 is 2.77 bits per heavy atom. The van der Waals surface area contributed by atoms with Gasteiger partial charge < -0.3 is 4.74 Å². The van der Waals surface area contributed by atoms with E-state index in [1.54, 1.807) is 7.11 Å². The number of hydrogen-bond donors (Lipinski definition) is 0. The average Bonchev–Trinajstić information content (AvgIpc) is 2.18. The van der Waals surface area contributed by atoms with Crippen molar-refractivity contribution in [2.45, 2.75) is 6.92 Å². The maximum Gasteiger partial charge on any atom is 0.126 e. The van der Waals surface area contributed by atoms with Crippen molar-refractivity contribution in [2.24, 2.45) is 0 Å². The zero-order chi connectivity index (χ0) is 9.68. The number of methoxy groups -OCH3 is 1. The first kappa shape index (κ1) is 10.3. The standard InChI is InChI=1S/C11H13BrO/c1-9(7-8-12)10-5-3-4-6-11(10)13-2/h3-7H,8H2,1-2H3/b9-7+. The van der Waals surface area contributed by atoms with E-state index in [0.29, 0.717) is 0 Å². The molecular weight excluding hydrogens is 228 g/mol. The first-order valence-corrected chi connectivity index (χ1v) is 5.28. The lowest BCUT2D eigenvalue weighted by molar-refractivity contribution is 0.413. The summed E-state index contributed by atoms with van der Waals surface area (Å²) in [7, 11) is 1.69. The van der Waals surface area contributed by atoms with Gasteiger partial charge >= 0.3 is 0 Å². The maximum atomic E-state index is 5.26. The minimum atomic E-state index is 0.872. The lowest BCUT2D eigenvalue weighted by atomic mass is 10.1. The summed E-state index contributed by atoms with van der Waals surface area (Å²) in [4.78, 5) is 0. The largest absolute Gasteiger partial charge is 0.496 e. The highest BCUT2D eigenvalue weighted by Crippen LogP contribution is 2.24. The van der Waals surface area contributed by atoms with E-state index in [1.807, 2.05) is 18.2 Å². The average molecular weight is 241 g/mol. The van der Waals surface area contributed by atoms with Gasteiger partial charge in [0.2, 0.25) is 0 Å². The molecular formula is C11H13BrO. The van der Waals surface area contributed by atoms with Crippen molar-refractivity contribution in [3.63, 3.8) is 0 Å². The smallest absolute Gasteiger partial charge is 0.126 e. The third kappa shape index (κ3) is 2.59. The van der Waals surface area contributed by atoms with Crippen molar-refractivity contribution in [1.29, 1.82) is 0 Å². The van der Waals surface area contributed by atoms with Gasteiger partial charge in [-0.3, -0.25) is 0 Å². The number of ether oxygens (including phenoxy) is 1. The fraction of sp³-hybridized carbons (Fsp3) is 0.273. The Morgan fingerprint density at radius 1 is 1.46 bits per heavy atom. The predicted octanol–water partition coefficient (Wildman–Crippen LogP) is 3.49. The summed E-state index contributed by atoms with van der Waals surface area (Å²) in [5.41, 5.74) is 2.39. The molecule has 0 heterocycles. The summed E-state index contributed by atoms with van der Waals surface area (Å²) < 4.78 is 5.26. The van der Waals surface area contributed by atoms with Gasteiger partial charge in [-0.05, 0) is 18.6 Å². The fourth-order valence-corrected chi connectivity index (χ4v) is 1.68. The van der Waals surface area contributed by atoms with Gasteiger partial charge in [0.15, 0.2) is 0 Å². The number of para-hydroxylation sites is 1. The minimum absolute atomic E-state index is 0.872. The SMILES string of the molecule is COc1ccccc1/C(C)=C/CBr. The van der Waals surface area contributed by atoms with Crippen molar-refractivity contribution in [3.05, 3.63) is 35.9 Å². The fourth-order valence-electron chi connectivity index (χ4n) is 1.20. The van der Waals surface area contributed by atoms with E-state index in [9.17, 15) is 0 Å². The second-order valence-corrected chi connectivity index (χ2v) is 3.39. The predicted molar refractivity (Wildman–Crippen MR) is 60.4 cm³/mol. The number of alkyl halides is 1. The molecule has 0 fully saturated rings. The van der Waals surface area contributed by atoms with Crippen LogP contribution in [0.15, 0.2) is 30.3 Å². The van der Waals surface area contributed by atoms with Gasteiger partial charge in [0.1, 0.15) is 5.75 Å². The van der Waals surface area contributed by atoms with Crippen LogP contribution in [0, 0.1) is 0 Å². The molecule has 0 N–H and O–H groups in total. The van der Waals surface area contributed by atoms with E-state index >= 15 is 0 Å². The van der Waals surface area contributed by atoms with E-state index in [4.69, 9.17) is 4.74 Å². The van der Waals surface area contributed by atoms with Gasteiger partial charge in [-0.2, -0.15) is 0 Å². The molecule has 0 amide bonds. The van der Waals surface area contributed by atoms with Crippen molar-refractivity contribution in [2.75, 3.05) is 12.4 Å². The molecule has 1 aromatic carbocycles. The van der Waals surface area contributed by atoms with E-state index in [2.05, 4.69) is 35.0 Å². The topological polar surface area (TPSA) is 9.23 Å². The Bertz CT molecular complexity index is 305. The molecule has 13 heavy (non-hydrogen) atoms. The maximum absolute atomic E-state index is 5.26. The molecule has 0 saturated heterocycles. The normalized spacial score (nSPS) is 11.5. The molecule has 2 heteroatoms. The van der Waals surface area contributed by atoms with Gasteiger partial charge in [0, 0.05) is 10.9 Å². The van der Waals surface area contributed by atoms with Gasteiger partial charge in [-0.1, -0.05) is 40.2 Å². The van der Waals surface area contributed by atoms with Crippen LogP contribution in [0.5, 0.6) is 5.75 Å². The Balaban J connectivity index is 3.05. The number of hydrogen-bond acceptors (Lipinski definition) is 1. The highest BCUT2D eigenvalue weighted by Gasteiger charge is 2.01. The highest BCUT2D eigenvalue weighted by molar-refractivity contribution is 9.09. The zero-order valence-electron chi connectivity index (χ0n) is 7.88. The number of allylic oxidation sites excluding steroid dienone is 2. The van der Waals surface area contributed by atoms with Gasteiger partial charge in [0.05, 0.1) is 7.11 Å². The third-order valence-corrected chi connectivity index (χ3v) is 2.24. The highest BCUT2D eigenvalue weighted by atomic mass is 79.9. The number of benzene rings is 1. The Hall–Kier alpha value is -0.760. The van der Waals surface area contributed by atoms with E-state index in [0.717, 1.165) is 16.6 Å². The molecule has 0 aliphatic carbocycles. The van der Waals surface area contributed by atoms with Crippen LogP contribution in [0.1, 0.15) is 12.5 Å². The monoisotopic (exact) mass is 240 g/mol. The summed E-state index contributed by atoms with van der Waals surface area (Å²) >= 11 is 3.38. The molecule has 1 rings (SSSR count). The molecule has 70 valence electrons. The molecule has 0 spiro atoms. The molecule has 1 nitrogen and oxygen atoms in total. The molecule has 0 atom stereocenters. The first-order valence-electron chi connectivity index (χ1n) is 4.15. The van der Waals surface area contributed by atoms with Gasteiger partial charge in [0.25, 0.3) is 0 Å². The lowest BCUT2D eigenvalue weighted by Crippen LogP contribution is -1.89. The summed E-state index contributed by atoms with van der Waals surface area (Å²) in [6, 6.07) is 8.03. The van der Waals surface area contributed by atoms with Crippen LogP contribution >= 0.6 is 15.9 Å². The number of halogens is 1. The molecule has 1 aromatic rings. The summed E-state index contributed by atoms with van der Waals surface area (Å²) in [5.74, 6) is 0.928. The van der Waals surface area contributed by atoms with Crippen molar-refractivity contribution in [1.82, 2.24) is 0 Å². The molecule has 0 bridgehead atoms. The van der Waals surface area contributed by atoms with Crippen molar-refractivity contribution >= 4 is 21.5 Å². The second-order valence-electron chi connectivity index (χ2n) is 2.74. The van der Waals surface area contributed by atoms with Gasteiger partial charge in [-0.25, -0.2) is 0 Å². The molecule has 0 unspecified atom stereocenters. The molecule has 0 aliphatic rings. The summed E-state index contributed by atoms with van der Waals surface area (Å²) in [6.07, 6.45) is 2.12. The van der Waals surface area contributed by atoms with Crippen LogP contribution in [-0.4, -0.2) is 12.4 Å². The zero-order valence-corrected chi connectivity index (χ0v) is 9.47. The van der Waals surface area contributed by atoms with Crippen LogP contribution in [-0.2, 0) is 0 Å². The first-order chi connectivity index (χ1) is 6.29. The van der Waals surface area contributed by atoms with Crippen LogP contribution in [0.3, 0.4) is 0 Å². The number of rotatable bonds is 3. The van der Waals surface area contributed by atoms with Gasteiger partial charge in [-0.15, -0.1) is 0 Å². The lowest BCUT2D eigenvalue weighted by Gasteiger charge is -2.07. The van der Waals surface area contributed by atoms with Crippen LogP contribution in [0.2, 0.25) is 0 Å². The van der Waals surface area contributed by atoms with Crippen molar-refractivity contribution in [3.8, 4) is 5.75 Å². The second kappa shape index (κ2) is 5.07. The Kier molecular flexibility index (Phi) is 4.03. The molecule has 0 radical (unpaired) electrons. The molecule has 0 aliphatic heterocycles.